The largest absolute Gasteiger partial charge is 0.479 e. The van der Waals surface area contributed by atoms with E-state index in [0.717, 1.165) is 16.8 Å². The summed E-state index contributed by atoms with van der Waals surface area (Å²) < 4.78 is 11.0. The Morgan fingerprint density at radius 3 is 2.39 bits per heavy atom. The second-order valence-electron chi connectivity index (χ2n) is 6.97. The van der Waals surface area contributed by atoms with Crippen LogP contribution in [-0.2, 0) is 16.0 Å². The molecule has 0 N–H and O–H groups in total. The van der Waals surface area contributed by atoms with Gasteiger partial charge in [0.05, 0.1) is 0 Å². The van der Waals surface area contributed by atoms with E-state index < -0.39 is 17.8 Å². The highest BCUT2D eigenvalue weighted by atomic mass is 35.5. The lowest BCUT2D eigenvalue weighted by Gasteiger charge is -2.23. The van der Waals surface area contributed by atoms with E-state index in [2.05, 4.69) is 11.9 Å². The Morgan fingerprint density at radius 2 is 1.82 bits per heavy atom. The molecule has 2 aromatic rings. The van der Waals surface area contributed by atoms with E-state index in [1.807, 2.05) is 38.1 Å². The van der Waals surface area contributed by atoms with Crippen molar-refractivity contribution >= 4 is 34.9 Å². The molecule has 2 atom stereocenters. The van der Waals surface area contributed by atoms with E-state index in [1.54, 1.807) is 32.0 Å². The van der Waals surface area contributed by atoms with Gasteiger partial charge in [0.1, 0.15) is 5.75 Å². The third kappa shape index (κ3) is 6.84. The zero-order chi connectivity index (χ0) is 20.9. The molecule has 6 heteroatoms. The van der Waals surface area contributed by atoms with Crippen LogP contribution in [0.3, 0.4) is 0 Å². The number of benzene rings is 2. The maximum atomic E-state index is 12.2. The molecular formula is C22H24Cl2NO3. The molecule has 0 aromatic heterocycles. The van der Waals surface area contributed by atoms with Crippen LogP contribution < -0.4 is 4.74 Å². The molecule has 0 bridgehead atoms. The number of carbonyl (C=O) groups excluding carboxylic acids is 1. The molecule has 0 amide bonds. The van der Waals surface area contributed by atoms with Crippen LogP contribution in [0, 0.1) is 6.92 Å². The molecule has 2 aromatic carbocycles. The van der Waals surface area contributed by atoms with Crippen molar-refractivity contribution < 1.29 is 14.3 Å². The van der Waals surface area contributed by atoms with Crippen molar-refractivity contribution in [2.45, 2.75) is 45.9 Å². The summed E-state index contributed by atoms with van der Waals surface area (Å²) in [5, 5.41) is 1.24. The molecular weight excluding hydrogens is 397 g/mol. The Kier molecular flexibility index (Phi) is 7.50. The summed E-state index contributed by atoms with van der Waals surface area (Å²) in [6.45, 7) is 10.7. The Balaban J connectivity index is 1.97. The molecule has 0 aliphatic heterocycles. The van der Waals surface area contributed by atoms with Crippen LogP contribution in [0.2, 0.25) is 10.0 Å². The molecule has 28 heavy (non-hydrogen) atoms. The van der Waals surface area contributed by atoms with Crippen LogP contribution in [0.25, 0.3) is 0 Å². The number of hydrogen-bond donors (Lipinski definition) is 0. The third-order valence-corrected chi connectivity index (χ3v) is 4.35. The summed E-state index contributed by atoms with van der Waals surface area (Å²) in [7, 11) is 0. The van der Waals surface area contributed by atoms with Crippen LogP contribution in [-0.4, -0.2) is 23.5 Å². The minimum Gasteiger partial charge on any atom is -0.479 e. The molecule has 0 spiro atoms. The average Bonchev–Trinajstić information content (AvgIpc) is 2.57. The highest BCUT2D eigenvalue weighted by Gasteiger charge is 2.26. The first-order chi connectivity index (χ1) is 13.1. The second kappa shape index (κ2) is 9.44. The average molecular weight is 421 g/mol. The first-order valence-electron chi connectivity index (χ1n) is 8.86. The minimum atomic E-state index is -1.17. The summed E-state index contributed by atoms with van der Waals surface area (Å²) in [4.78, 5) is 16.4. The van der Waals surface area contributed by atoms with Crippen molar-refractivity contribution in [3.63, 3.8) is 0 Å². The zero-order valence-corrected chi connectivity index (χ0v) is 18.0. The van der Waals surface area contributed by atoms with Gasteiger partial charge in [-0.05, 0) is 69.5 Å². The Morgan fingerprint density at radius 1 is 1.18 bits per heavy atom. The molecule has 149 valence electrons. The number of hydrogen-bond acceptors (Lipinski definition) is 4. The topological polar surface area (TPSA) is 47.9 Å². The van der Waals surface area contributed by atoms with Crippen molar-refractivity contribution in [1.29, 1.82) is 0 Å². The molecule has 0 aliphatic rings. The number of halogens is 2. The molecule has 0 saturated carbocycles. The normalized spacial score (nSPS) is 12.2. The zero-order valence-electron chi connectivity index (χ0n) is 16.5. The number of esters is 1. The standard InChI is InChI=1S/C22H24Cl2NO3/c1-14(2)25-22(4,5)28-21(26)15(3)27-19-10-6-16(7-11-19)12-17-8-9-18(23)13-20(17)24/h6-11,13,15H,4,12H2,1-3,5H3. The number of nitrogens with zero attached hydrogens (tertiary/aromatic N) is 1. The molecule has 2 rings (SSSR count). The van der Waals surface area contributed by atoms with Gasteiger partial charge in [-0.2, -0.15) is 0 Å². The fourth-order valence-electron chi connectivity index (χ4n) is 2.62. The second-order valence-corrected chi connectivity index (χ2v) is 7.82. The van der Waals surface area contributed by atoms with Gasteiger partial charge in [-0.1, -0.05) is 41.4 Å². The molecule has 0 aliphatic carbocycles. The number of carbonyl (C=O) groups is 1. The summed E-state index contributed by atoms with van der Waals surface area (Å²) >= 11 is 12.2. The highest BCUT2D eigenvalue weighted by Crippen LogP contribution is 2.24. The lowest BCUT2D eigenvalue weighted by atomic mass is 10.0. The van der Waals surface area contributed by atoms with E-state index in [9.17, 15) is 4.79 Å². The smallest absolute Gasteiger partial charge is 0.349 e. The van der Waals surface area contributed by atoms with Gasteiger partial charge >= 0.3 is 5.97 Å². The van der Waals surface area contributed by atoms with Crippen LogP contribution in [0.15, 0.2) is 47.5 Å². The van der Waals surface area contributed by atoms with Crippen LogP contribution in [0.5, 0.6) is 5.75 Å². The van der Waals surface area contributed by atoms with Crippen molar-refractivity contribution in [1.82, 2.24) is 0 Å². The number of rotatable bonds is 7. The first kappa shape index (κ1) is 22.3. The minimum absolute atomic E-state index is 0.528. The van der Waals surface area contributed by atoms with E-state index >= 15 is 0 Å². The fraction of sp³-hybridized carbons (Fsp3) is 0.318. The maximum absolute atomic E-state index is 12.2. The van der Waals surface area contributed by atoms with Crippen LogP contribution in [0.4, 0.5) is 0 Å². The first-order valence-corrected chi connectivity index (χ1v) is 9.62. The Bertz CT molecular complexity index is 857. The number of ether oxygens (including phenoxy) is 2. The monoisotopic (exact) mass is 420 g/mol. The van der Waals surface area contributed by atoms with E-state index in [1.165, 1.54) is 0 Å². The van der Waals surface area contributed by atoms with Crippen molar-refractivity contribution in [2.24, 2.45) is 4.99 Å². The van der Waals surface area contributed by atoms with Crippen LogP contribution >= 0.6 is 23.2 Å². The predicted octanol–water partition coefficient (Wildman–Crippen LogP) is 5.93. The molecule has 4 nitrogen and oxygen atoms in total. The molecule has 0 saturated heterocycles. The van der Waals surface area contributed by atoms with Gasteiger partial charge in [0.25, 0.3) is 0 Å². The molecule has 0 heterocycles. The third-order valence-electron chi connectivity index (χ3n) is 3.76. The Labute approximate surface area is 176 Å². The lowest BCUT2D eigenvalue weighted by Crippen LogP contribution is -2.34. The van der Waals surface area contributed by atoms with E-state index in [4.69, 9.17) is 32.7 Å². The lowest BCUT2D eigenvalue weighted by molar-refractivity contribution is -0.161. The summed E-state index contributed by atoms with van der Waals surface area (Å²) in [5.41, 5.74) is 1.65. The predicted molar refractivity (Wildman–Crippen MR) is 114 cm³/mol. The van der Waals surface area contributed by atoms with Crippen molar-refractivity contribution in [3.8, 4) is 5.75 Å². The SMILES string of the molecule is [CH2]C(C)(N=C(C)C)OC(=O)C(C)Oc1ccc(Cc2ccc(Cl)cc2Cl)cc1. The van der Waals surface area contributed by atoms with E-state index in [-0.39, 0.29) is 0 Å². The molecule has 0 fully saturated rings. The van der Waals surface area contributed by atoms with Crippen molar-refractivity contribution in [3.05, 3.63) is 70.6 Å². The van der Waals surface area contributed by atoms with Gasteiger partial charge in [0.2, 0.25) is 5.72 Å². The van der Waals surface area contributed by atoms with Gasteiger partial charge in [-0.25, -0.2) is 9.79 Å². The van der Waals surface area contributed by atoms with Crippen molar-refractivity contribution in [2.75, 3.05) is 0 Å². The van der Waals surface area contributed by atoms with Gasteiger partial charge < -0.3 is 9.47 Å². The summed E-state index contributed by atoms with van der Waals surface area (Å²) in [5.74, 6) is 0.0378. The fourth-order valence-corrected chi connectivity index (χ4v) is 3.09. The number of aliphatic imine (C=N–C) groups is 1. The van der Waals surface area contributed by atoms with Crippen LogP contribution in [0.1, 0.15) is 38.8 Å². The maximum Gasteiger partial charge on any atom is 0.349 e. The van der Waals surface area contributed by atoms with Gasteiger partial charge in [-0.15, -0.1) is 0 Å². The van der Waals surface area contributed by atoms with E-state index in [0.29, 0.717) is 22.2 Å². The molecule has 2 unspecified atom stereocenters. The van der Waals surface area contributed by atoms with Gasteiger partial charge in [0, 0.05) is 22.7 Å². The van der Waals surface area contributed by atoms with Gasteiger partial charge in [-0.3, -0.25) is 0 Å². The van der Waals surface area contributed by atoms with Gasteiger partial charge in [0.15, 0.2) is 6.10 Å². The Hall–Kier alpha value is -2.04. The quantitative estimate of drug-likeness (QED) is 0.412. The summed E-state index contributed by atoms with van der Waals surface area (Å²) in [6, 6.07) is 12.9. The molecule has 1 radical (unpaired) electrons. The summed E-state index contributed by atoms with van der Waals surface area (Å²) in [6.07, 6.45) is -0.118. The highest BCUT2D eigenvalue weighted by molar-refractivity contribution is 6.35.